The van der Waals surface area contributed by atoms with E-state index in [0.717, 1.165) is 29.5 Å². The first-order valence-corrected chi connectivity index (χ1v) is 6.61. The minimum atomic E-state index is -0.0348. The minimum absolute atomic E-state index is 0.0348. The molecule has 0 spiro atoms. The fourth-order valence-corrected chi connectivity index (χ4v) is 2.60. The first-order chi connectivity index (χ1) is 8.16. The maximum atomic E-state index is 12.0. The Morgan fingerprint density at radius 1 is 1.53 bits per heavy atom. The van der Waals surface area contributed by atoms with Crippen molar-refractivity contribution < 1.29 is 9.53 Å². The molecule has 1 N–H and O–H groups in total. The van der Waals surface area contributed by atoms with Gasteiger partial charge in [0.1, 0.15) is 0 Å². The van der Waals surface area contributed by atoms with Crippen molar-refractivity contribution in [3.8, 4) is 0 Å². The van der Waals surface area contributed by atoms with Crippen molar-refractivity contribution in [2.24, 2.45) is 0 Å². The second-order valence-corrected chi connectivity index (χ2v) is 5.23. The molecule has 4 heteroatoms. The zero-order valence-electron chi connectivity index (χ0n) is 9.83. The van der Waals surface area contributed by atoms with Gasteiger partial charge in [0, 0.05) is 11.1 Å². The number of hydrogen-bond acceptors (Lipinski definition) is 2. The SMILES string of the molecule is Cc1ccc(C(=O)NC2CCCOC2)c(Br)c1. The maximum Gasteiger partial charge on any atom is 0.252 e. The van der Waals surface area contributed by atoms with Gasteiger partial charge in [-0.05, 0) is 53.4 Å². The zero-order valence-corrected chi connectivity index (χ0v) is 11.4. The lowest BCUT2D eigenvalue weighted by atomic mass is 10.1. The van der Waals surface area contributed by atoms with E-state index in [-0.39, 0.29) is 11.9 Å². The Morgan fingerprint density at radius 2 is 2.35 bits per heavy atom. The molecule has 1 saturated heterocycles. The van der Waals surface area contributed by atoms with Crippen LogP contribution in [-0.4, -0.2) is 25.2 Å². The summed E-state index contributed by atoms with van der Waals surface area (Å²) in [5, 5.41) is 3.00. The van der Waals surface area contributed by atoms with Crippen molar-refractivity contribution in [2.75, 3.05) is 13.2 Å². The first-order valence-electron chi connectivity index (χ1n) is 5.81. The number of rotatable bonds is 2. The van der Waals surface area contributed by atoms with E-state index in [9.17, 15) is 4.79 Å². The van der Waals surface area contributed by atoms with Crippen LogP contribution in [0.1, 0.15) is 28.8 Å². The summed E-state index contributed by atoms with van der Waals surface area (Å²) in [5.74, 6) is -0.0348. The third-order valence-corrected chi connectivity index (χ3v) is 3.52. The maximum absolute atomic E-state index is 12.0. The van der Waals surface area contributed by atoms with E-state index in [1.54, 1.807) is 0 Å². The summed E-state index contributed by atoms with van der Waals surface area (Å²) in [6.45, 7) is 3.43. The molecule has 0 aliphatic carbocycles. The van der Waals surface area contributed by atoms with Gasteiger partial charge < -0.3 is 10.1 Å². The fourth-order valence-electron chi connectivity index (χ4n) is 1.92. The highest BCUT2D eigenvalue weighted by atomic mass is 79.9. The van der Waals surface area contributed by atoms with Gasteiger partial charge in [-0.1, -0.05) is 6.07 Å². The normalized spacial score (nSPS) is 20.0. The average molecular weight is 298 g/mol. The van der Waals surface area contributed by atoms with Crippen LogP contribution in [0.25, 0.3) is 0 Å². The number of aryl methyl sites for hydroxylation is 1. The molecule has 1 amide bonds. The number of nitrogens with one attached hydrogen (secondary N) is 1. The Balaban J connectivity index is 2.03. The lowest BCUT2D eigenvalue weighted by molar-refractivity contribution is 0.0624. The molecule has 0 saturated carbocycles. The standard InChI is InChI=1S/C13H16BrNO2/c1-9-4-5-11(12(14)7-9)13(16)15-10-3-2-6-17-8-10/h4-5,7,10H,2-3,6,8H2,1H3,(H,15,16). The summed E-state index contributed by atoms with van der Waals surface area (Å²) in [6, 6.07) is 5.88. The lowest BCUT2D eigenvalue weighted by Crippen LogP contribution is -2.40. The van der Waals surface area contributed by atoms with Crippen LogP contribution in [0.5, 0.6) is 0 Å². The van der Waals surface area contributed by atoms with Crippen molar-refractivity contribution >= 4 is 21.8 Å². The van der Waals surface area contributed by atoms with Gasteiger partial charge in [-0.15, -0.1) is 0 Å². The molecule has 1 unspecified atom stereocenters. The third kappa shape index (κ3) is 3.30. The highest BCUT2D eigenvalue weighted by Gasteiger charge is 2.18. The van der Waals surface area contributed by atoms with Gasteiger partial charge >= 0.3 is 0 Å². The number of benzene rings is 1. The number of carbonyl (C=O) groups is 1. The third-order valence-electron chi connectivity index (χ3n) is 2.86. The minimum Gasteiger partial charge on any atom is -0.379 e. The van der Waals surface area contributed by atoms with Crippen LogP contribution in [0.3, 0.4) is 0 Å². The molecule has 3 nitrogen and oxygen atoms in total. The summed E-state index contributed by atoms with van der Waals surface area (Å²) < 4.78 is 6.18. The number of amides is 1. The monoisotopic (exact) mass is 297 g/mol. The van der Waals surface area contributed by atoms with Crippen LogP contribution in [0.15, 0.2) is 22.7 Å². The fraction of sp³-hybridized carbons (Fsp3) is 0.462. The lowest BCUT2D eigenvalue weighted by Gasteiger charge is -2.23. The topological polar surface area (TPSA) is 38.3 Å². The van der Waals surface area contributed by atoms with E-state index < -0.39 is 0 Å². The molecule has 92 valence electrons. The van der Waals surface area contributed by atoms with E-state index in [1.165, 1.54) is 0 Å². The van der Waals surface area contributed by atoms with Gasteiger partial charge in [0.25, 0.3) is 5.91 Å². The number of ether oxygens (including phenoxy) is 1. The molecule has 0 bridgehead atoms. The molecule has 1 atom stereocenters. The van der Waals surface area contributed by atoms with Gasteiger partial charge in [0.05, 0.1) is 18.2 Å². The smallest absolute Gasteiger partial charge is 0.252 e. The average Bonchev–Trinajstić information content (AvgIpc) is 2.30. The Bertz CT molecular complexity index is 414. The highest BCUT2D eigenvalue weighted by Crippen LogP contribution is 2.18. The number of hydrogen-bond donors (Lipinski definition) is 1. The Kier molecular flexibility index (Phi) is 4.18. The van der Waals surface area contributed by atoms with Crippen LogP contribution in [0.2, 0.25) is 0 Å². The Hall–Kier alpha value is -0.870. The van der Waals surface area contributed by atoms with E-state index in [4.69, 9.17) is 4.74 Å². The molecule has 1 aromatic rings. The quantitative estimate of drug-likeness (QED) is 0.911. The van der Waals surface area contributed by atoms with Gasteiger partial charge in [-0.25, -0.2) is 0 Å². The van der Waals surface area contributed by atoms with Gasteiger partial charge in [0.15, 0.2) is 0 Å². The molecule has 1 fully saturated rings. The van der Waals surface area contributed by atoms with Crippen molar-refractivity contribution in [3.05, 3.63) is 33.8 Å². The first kappa shape index (κ1) is 12.6. The summed E-state index contributed by atoms with van der Waals surface area (Å²) >= 11 is 3.42. The summed E-state index contributed by atoms with van der Waals surface area (Å²) in [5.41, 5.74) is 1.82. The summed E-state index contributed by atoms with van der Waals surface area (Å²) in [4.78, 5) is 12.0. The number of carbonyl (C=O) groups excluding carboxylic acids is 1. The summed E-state index contributed by atoms with van der Waals surface area (Å²) in [7, 11) is 0. The molecular weight excluding hydrogens is 282 g/mol. The largest absolute Gasteiger partial charge is 0.379 e. The molecular formula is C13H16BrNO2. The van der Waals surface area contributed by atoms with Crippen LogP contribution in [-0.2, 0) is 4.74 Å². The number of halogens is 1. The van der Waals surface area contributed by atoms with Crippen LogP contribution < -0.4 is 5.32 Å². The van der Waals surface area contributed by atoms with Gasteiger partial charge in [-0.3, -0.25) is 4.79 Å². The molecule has 1 heterocycles. The van der Waals surface area contributed by atoms with Crippen molar-refractivity contribution in [2.45, 2.75) is 25.8 Å². The molecule has 0 radical (unpaired) electrons. The molecule has 1 aromatic carbocycles. The van der Waals surface area contributed by atoms with Crippen molar-refractivity contribution in [1.82, 2.24) is 5.32 Å². The summed E-state index contributed by atoms with van der Waals surface area (Å²) in [6.07, 6.45) is 2.01. The molecule has 17 heavy (non-hydrogen) atoms. The van der Waals surface area contributed by atoms with E-state index in [0.29, 0.717) is 12.2 Å². The van der Waals surface area contributed by atoms with Crippen molar-refractivity contribution in [3.63, 3.8) is 0 Å². The van der Waals surface area contributed by atoms with Crippen molar-refractivity contribution in [1.29, 1.82) is 0 Å². The van der Waals surface area contributed by atoms with E-state index in [1.807, 2.05) is 25.1 Å². The van der Waals surface area contributed by atoms with Gasteiger partial charge in [0.2, 0.25) is 0 Å². The van der Waals surface area contributed by atoms with Crippen LogP contribution >= 0.6 is 15.9 Å². The molecule has 0 aromatic heterocycles. The predicted octanol–water partition coefficient (Wildman–Crippen LogP) is 2.67. The van der Waals surface area contributed by atoms with E-state index in [2.05, 4.69) is 21.2 Å². The van der Waals surface area contributed by atoms with E-state index >= 15 is 0 Å². The Morgan fingerprint density at radius 3 is 3.00 bits per heavy atom. The second-order valence-electron chi connectivity index (χ2n) is 4.37. The zero-order chi connectivity index (χ0) is 12.3. The van der Waals surface area contributed by atoms with Gasteiger partial charge in [-0.2, -0.15) is 0 Å². The molecule has 1 aliphatic rings. The molecule has 1 aliphatic heterocycles. The molecule has 2 rings (SSSR count). The second kappa shape index (κ2) is 5.65. The highest BCUT2D eigenvalue weighted by molar-refractivity contribution is 9.10. The Labute approximate surface area is 110 Å². The van der Waals surface area contributed by atoms with Crippen LogP contribution in [0, 0.1) is 6.92 Å². The van der Waals surface area contributed by atoms with Crippen LogP contribution in [0.4, 0.5) is 0 Å². The predicted molar refractivity (Wildman–Crippen MR) is 70.2 cm³/mol.